The van der Waals surface area contributed by atoms with E-state index in [9.17, 15) is 9.90 Å². The molecule has 0 saturated carbocycles. The van der Waals surface area contributed by atoms with E-state index in [4.69, 9.17) is 4.74 Å². The molecule has 3 heteroatoms. The quantitative estimate of drug-likeness (QED) is 0.643. The molecule has 1 aromatic rings. The number of aliphatic hydroxyl groups excluding tert-OH is 1. The maximum atomic E-state index is 10.9. The third-order valence-corrected chi connectivity index (χ3v) is 2.26. The fourth-order valence-corrected chi connectivity index (χ4v) is 1.49. The van der Waals surface area contributed by atoms with Gasteiger partial charge in [-0.2, -0.15) is 0 Å². The molecule has 2 rings (SSSR count). The Morgan fingerprint density at radius 1 is 1.31 bits per heavy atom. The van der Waals surface area contributed by atoms with Crippen LogP contribution in [0.4, 0.5) is 0 Å². The van der Waals surface area contributed by atoms with Crippen LogP contribution in [0.3, 0.4) is 0 Å². The Kier molecular flexibility index (Phi) is 2.02. The highest BCUT2D eigenvalue weighted by atomic mass is 16.6. The molecule has 0 radical (unpaired) electrons. The van der Waals surface area contributed by atoms with E-state index in [2.05, 4.69) is 0 Å². The fraction of sp³-hybridized carbons (Fsp3) is 0.300. The van der Waals surface area contributed by atoms with Crippen molar-refractivity contribution >= 4 is 5.97 Å². The first-order valence-electron chi connectivity index (χ1n) is 4.18. The summed E-state index contributed by atoms with van der Waals surface area (Å²) >= 11 is 0. The second-order valence-corrected chi connectivity index (χ2v) is 3.09. The third kappa shape index (κ3) is 1.42. The standard InChI is InChI=1S/C10H10O3/c11-9-8(6-13-10(9)12)7-4-2-1-3-5-7/h1-5,8-9,11H,6H2/t8-,9+/m0/s1. The summed E-state index contributed by atoms with van der Waals surface area (Å²) in [6.45, 7) is 0.282. The number of hydrogen-bond acceptors (Lipinski definition) is 3. The molecule has 1 heterocycles. The van der Waals surface area contributed by atoms with Gasteiger partial charge in [0.25, 0.3) is 0 Å². The molecule has 2 atom stereocenters. The third-order valence-electron chi connectivity index (χ3n) is 2.26. The van der Waals surface area contributed by atoms with Crippen molar-refractivity contribution in [3.8, 4) is 0 Å². The molecule has 0 bridgehead atoms. The Morgan fingerprint density at radius 2 is 2.00 bits per heavy atom. The van der Waals surface area contributed by atoms with Gasteiger partial charge in [0, 0.05) is 0 Å². The van der Waals surface area contributed by atoms with Crippen molar-refractivity contribution in [2.75, 3.05) is 6.61 Å². The number of aliphatic hydroxyl groups is 1. The van der Waals surface area contributed by atoms with Gasteiger partial charge in [0.15, 0.2) is 6.10 Å². The van der Waals surface area contributed by atoms with Crippen LogP contribution in [-0.4, -0.2) is 23.8 Å². The van der Waals surface area contributed by atoms with Crippen LogP contribution in [0, 0.1) is 0 Å². The highest BCUT2D eigenvalue weighted by molar-refractivity contribution is 5.78. The molecule has 1 aromatic carbocycles. The molecule has 13 heavy (non-hydrogen) atoms. The first-order valence-corrected chi connectivity index (χ1v) is 4.18. The van der Waals surface area contributed by atoms with Crippen molar-refractivity contribution in [3.63, 3.8) is 0 Å². The lowest BCUT2D eigenvalue weighted by molar-refractivity contribution is -0.144. The Balaban J connectivity index is 2.24. The lowest BCUT2D eigenvalue weighted by Gasteiger charge is -2.09. The van der Waals surface area contributed by atoms with Crippen LogP contribution in [0.2, 0.25) is 0 Å². The average Bonchev–Trinajstić information content (AvgIpc) is 2.49. The van der Waals surface area contributed by atoms with E-state index < -0.39 is 12.1 Å². The lowest BCUT2D eigenvalue weighted by atomic mass is 9.96. The minimum absolute atomic E-state index is 0.200. The van der Waals surface area contributed by atoms with Crippen LogP contribution in [0.15, 0.2) is 30.3 Å². The van der Waals surface area contributed by atoms with Gasteiger partial charge in [0.05, 0.1) is 5.92 Å². The van der Waals surface area contributed by atoms with Crippen molar-refractivity contribution in [1.82, 2.24) is 0 Å². The molecule has 1 aliphatic heterocycles. The van der Waals surface area contributed by atoms with E-state index in [0.29, 0.717) is 0 Å². The van der Waals surface area contributed by atoms with Gasteiger partial charge in [-0.15, -0.1) is 0 Å². The Morgan fingerprint density at radius 3 is 2.54 bits per heavy atom. The molecule has 68 valence electrons. The van der Waals surface area contributed by atoms with E-state index in [0.717, 1.165) is 5.56 Å². The van der Waals surface area contributed by atoms with E-state index >= 15 is 0 Å². The summed E-state index contributed by atoms with van der Waals surface area (Å²) < 4.78 is 4.74. The number of cyclic esters (lactones) is 1. The summed E-state index contributed by atoms with van der Waals surface area (Å²) in [4.78, 5) is 10.9. The van der Waals surface area contributed by atoms with Crippen LogP contribution < -0.4 is 0 Å². The molecule has 0 unspecified atom stereocenters. The summed E-state index contributed by atoms with van der Waals surface area (Å²) in [6.07, 6.45) is -0.998. The van der Waals surface area contributed by atoms with Crippen molar-refractivity contribution in [2.45, 2.75) is 12.0 Å². The van der Waals surface area contributed by atoms with Crippen molar-refractivity contribution in [3.05, 3.63) is 35.9 Å². The topological polar surface area (TPSA) is 46.5 Å². The number of carbonyl (C=O) groups excluding carboxylic acids is 1. The smallest absolute Gasteiger partial charge is 0.335 e. The Bertz CT molecular complexity index is 307. The second kappa shape index (κ2) is 3.18. The Labute approximate surface area is 76.0 Å². The first kappa shape index (κ1) is 8.26. The van der Waals surface area contributed by atoms with Crippen LogP contribution in [0.1, 0.15) is 11.5 Å². The molecular weight excluding hydrogens is 168 g/mol. The largest absolute Gasteiger partial charge is 0.463 e. The molecule has 1 aliphatic rings. The molecule has 0 aliphatic carbocycles. The predicted molar refractivity (Wildman–Crippen MR) is 46.1 cm³/mol. The van der Waals surface area contributed by atoms with E-state index in [-0.39, 0.29) is 12.5 Å². The number of carbonyl (C=O) groups is 1. The highest BCUT2D eigenvalue weighted by Gasteiger charge is 2.35. The van der Waals surface area contributed by atoms with Gasteiger partial charge in [-0.05, 0) is 5.56 Å². The molecule has 0 aromatic heterocycles. The number of esters is 1. The molecule has 3 nitrogen and oxygen atoms in total. The first-order chi connectivity index (χ1) is 6.29. The second-order valence-electron chi connectivity index (χ2n) is 3.09. The van der Waals surface area contributed by atoms with Crippen LogP contribution in [0.25, 0.3) is 0 Å². The SMILES string of the molecule is O=C1OC[C@@H](c2ccccc2)[C@H]1O. The predicted octanol–water partition coefficient (Wildman–Crippen LogP) is 0.688. The van der Waals surface area contributed by atoms with Gasteiger partial charge >= 0.3 is 5.97 Å². The fourth-order valence-electron chi connectivity index (χ4n) is 1.49. The zero-order chi connectivity index (χ0) is 9.26. The zero-order valence-corrected chi connectivity index (χ0v) is 7.01. The van der Waals surface area contributed by atoms with Gasteiger partial charge < -0.3 is 9.84 Å². The van der Waals surface area contributed by atoms with Crippen molar-refractivity contribution < 1.29 is 14.6 Å². The van der Waals surface area contributed by atoms with E-state index in [1.165, 1.54) is 0 Å². The highest BCUT2D eigenvalue weighted by Crippen LogP contribution is 2.25. The monoisotopic (exact) mass is 178 g/mol. The van der Waals surface area contributed by atoms with Crippen LogP contribution in [0.5, 0.6) is 0 Å². The molecule has 0 amide bonds. The van der Waals surface area contributed by atoms with Gasteiger partial charge in [-0.3, -0.25) is 0 Å². The molecule has 1 fully saturated rings. The van der Waals surface area contributed by atoms with Gasteiger partial charge in [-0.1, -0.05) is 30.3 Å². The van der Waals surface area contributed by atoms with E-state index in [1.54, 1.807) is 0 Å². The summed E-state index contributed by atoms with van der Waals surface area (Å²) in [5.41, 5.74) is 0.945. The number of ether oxygens (including phenoxy) is 1. The van der Waals surface area contributed by atoms with Crippen molar-refractivity contribution in [2.24, 2.45) is 0 Å². The lowest BCUT2D eigenvalue weighted by Crippen LogP contribution is -2.19. The van der Waals surface area contributed by atoms with Crippen molar-refractivity contribution in [1.29, 1.82) is 0 Å². The Hall–Kier alpha value is -1.35. The molecule has 0 spiro atoms. The van der Waals surface area contributed by atoms with E-state index in [1.807, 2.05) is 30.3 Å². The number of hydrogen-bond donors (Lipinski definition) is 1. The van der Waals surface area contributed by atoms with Gasteiger partial charge in [0.2, 0.25) is 0 Å². The maximum absolute atomic E-state index is 10.9. The number of rotatable bonds is 1. The van der Waals surface area contributed by atoms with Crippen LogP contribution >= 0.6 is 0 Å². The minimum atomic E-state index is -0.998. The van der Waals surface area contributed by atoms with Crippen LogP contribution in [-0.2, 0) is 9.53 Å². The molecular formula is C10H10O3. The molecule has 1 N–H and O–H groups in total. The summed E-state index contributed by atoms with van der Waals surface area (Å²) in [5, 5.41) is 9.44. The number of benzene rings is 1. The summed E-state index contributed by atoms with van der Waals surface area (Å²) in [6, 6.07) is 9.43. The van der Waals surface area contributed by atoms with Gasteiger partial charge in [-0.25, -0.2) is 4.79 Å². The average molecular weight is 178 g/mol. The minimum Gasteiger partial charge on any atom is -0.463 e. The zero-order valence-electron chi connectivity index (χ0n) is 7.01. The van der Waals surface area contributed by atoms with Gasteiger partial charge in [0.1, 0.15) is 6.61 Å². The maximum Gasteiger partial charge on any atom is 0.335 e. The summed E-state index contributed by atoms with van der Waals surface area (Å²) in [7, 11) is 0. The summed E-state index contributed by atoms with van der Waals surface area (Å²) in [5.74, 6) is -0.720. The normalized spacial score (nSPS) is 27.3. The molecule has 1 saturated heterocycles.